The van der Waals surface area contributed by atoms with E-state index >= 15 is 0 Å². The number of halogens is 1. The lowest BCUT2D eigenvalue weighted by molar-refractivity contribution is 0.101. The summed E-state index contributed by atoms with van der Waals surface area (Å²) in [6.07, 6.45) is 0. The summed E-state index contributed by atoms with van der Waals surface area (Å²) >= 11 is 4.73. The average Bonchev–Trinajstić information content (AvgIpc) is 2.64. The van der Waals surface area contributed by atoms with E-state index in [-0.39, 0.29) is 16.9 Å². The maximum absolute atomic E-state index is 11.5. The molecule has 2 aromatic rings. The summed E-state index contributed by atoms with van der Waals surface area (Å²) in [7, 11) is 0. The molecule has 2 rings (SSSR count). The van der Waals surface area contributed by atoms with E-state index in [0.717, 1.165) is 10.4 Å². The number of hydrogen-bond acceptors (Lipinski definition) is 3. The van der Waals surface area contributed by atoms with E-state index in [0.29, 0.717) is 9.35 Å². The van der Waals surface area contributed by atoms with Crippen LogP contribution in [0.1, 0.15) is 43.6 Å². The van der Waals surface area contributed by atoms with E-state index in [1.807, 2.05) is 12.1 Å². The summed E-state index contributed by atoms with van der Waals surface area (Å²) in [4.78, 5) is 12.3. The van der Waals surface area contributed by atoms with Crippen molar-refractivity contribution in [2.45, 2.75) is 33.1 Å². The van der Waals surface area contributed by atoms with Crippen molar-refractivity contribution < 1.29 is 9.90 Å². The van der Waals surface area contributed by atoms with Gasteiger partial charge in [-0.15, -0.1) is 11.3 Å². The molecule has 0 bridgehead atoms. The fraction of sp³-hybridized carbons (Fsp3) is 0.312. The maximum Gasteiger partial charge on any atom is 0.165 e. The van der Waals surface area contributed by atoms with Crippen molar-refractivity contribution in [3.05, 3.63) is 39.2 Å². The number of aromatic hydroxyl groups is 1. The van der Waals surface area contributed by atoms with Gasteiger partial charge in [-0.1, -0.05) is 45.0 Å². The molecule has 0 saturated carbocycles. The van der Waals surface area contributed by atoms with Crippen LogP contribution in [-0.2, 0) is 5.41 Å². The Labute approximate surface area is 131 Å². The van der Waals surface area contributed by atoms with Crippen LogP contribution in [0.2, 0.25) is 0 Å². The predicted molar refractivity (Wildman–Crippen MR) is 87.8 cm³/mol. The number of benzene rings is 1. The van der Waals surface area contributed by atoms with Crippen molar-refractivity contribution in [1.82, 2.24) is 0 Å². The lowest BCUT2D eigenvalue weighted by Crippen LogP contribution is -2.10. The second kappa shape index (κ2) is 5.34. The van der Waals surface area contributed by atoms with Gasteiger partial charge in [0.2, 0.25) is 0 Å². The van der Waals surface area contributed by atoms with Crippen molar-refractivity contribution in [2.24, 2.45) is 0 Å². The Balaban J connectivity index is 2.48. The van der Waals surface area contributed by atoms with E-state index < -0.39 is 0 Å². The molecule has 1 N–H and O–H groups in total. The van der Waals surface area contributed by atoms with Gasteiger partial charge in [0.25, 0.3) is 0 Å². The molecule has 0 spiro atoms. The fourth-order valence-electron chi connectivity index (χ4n) is 2.02. The summed E-state index contributed by atoms with van der Waals surface area (Å²) in [5.74, 6) is -0.0685. The fourth-order valence-corrected chi connectivity index (χ4v) is 3.94. The van der Waals surface area contributed by atoms with Crippen LogP contribution in [0.3, 0.4) is 0 Å². The third-order valence-corrected chi connectivity index (χ3v) is 5.10. The zero-order valence-electron chi connectivity index (χ0n) is 12.0. The first-order valence-electron chi connectivity index (χ1n) is 6.35. The molecule has 0 atom stereocenters. The largest absolute Gasteiger partial charge is 0.506 e. The van der Waals surface area contributed by atoms with Crippen LogP contribution in [-0.4, -0.2) is 10.9 Å². The van der Waals surface area contributed by atoms with Gasteiger partial charge in [-0.25, -0.2) is 0 Å². The number of ketones is 1. The molecule has 2 nitrogen and oxygen atoms in total. The molecule has 1 heterocycles. The molecule has 0 aliphatic carbocycles. The normalized spacial score (nSPS) is 11.7. The molecule has 20 heavy (non-hydrogen) atoms. The highest BCUT2D eigenvalue weighted by molar-refractivity contribution is 9.11. The van der Waals surface area contributed by atoms with Crippen LogP contribution in [0.4, 0.5) is 0 Å². The maximum atomic E-state index is 11.5. The van der Waals surface area contributed by atoms with Crippen LogP contribution in [0, 0.1) is 0 Å². The third kappa shape index (κ3) is 2.81. The monoisotopic (exact) mass is 352 g/mol. The molecular formula is C16H17BrO2S. The Morgan fingerprint density at radius 2 is 1.75 bits per heavy atom. The van der Waals surface area contributed by atoms with Crippen LogP contribution >= 0.6 is 27.3 Å². The van der Waals surface area contributed by atoms with Crippen LogP contribution in [0.25, 0.3) is 10.4 Å². The number of Topliss-reactive ketones (excluding diaryl/α,β-unsaturated/α-hetero) is 1. The predicted octanol–water partition coefficient (Wildman–Crippen LogP) is 5.38. The second-order valence-electron chi connectivity index (χ2n) is 5.81. The van der Waals surface area contributed by atoms with Crippen LogP contribution in [0.5, 0.6) is 5.75 Å². The quantitative estimate of drug-likeness (QED) is 0.736. The average molecular weight is 353 g/mol. The van der Waals surface area contributed by atoms with Gasteiger partial charge in [0.15, 0.2) is 5.78 Å². The standard InChI is InChI=1S/C16H17BrO2S/c1-9(18)12-13(19)14(20-15(12)17)10-5-7-11(8-6-10)16(2,3)4/h5-8,19H,1-4H3. The van der Waals surface area contributed by atoms with E-state index in [1.54, 1.807) is 0 Å². The highest BCUT2D eigenvalue weighted by Crippen LogP contribution is 2.45. The Bertz CT molecular complexity index is 648. The molecule has 106 valence electrons. The number of carbonyl (C=O) groups is 1. The molecule has 0 fully saturated rings. The molecule has 0 unspecified atom stereocenters. The smallest absolute Gasteiger partial charge is 0.165 e. The highest BCUT2D eigenvalue weighted by Gasteiger charge is 2.21. The molecule has 0 aliphatic heterocycles. The number of carbonyl (C=O) groups excluding carboxylic acids is 1. The zero-order chi connectivity index (χ0) is 15.1. The molecule has 4 heteroatoms. The Morgan fingerprint density at radius 1 is 1.20 bits per heavy atom. The minimum Gasteiger partial charge on any atom is -0.506 e. The van der Waals surface area contributed by atoms with Gasteiger partial charge in [-0.05, 0) is 39.4 Å². The summed E-state index contributed by atoms with van der Waals surface area (Å²) in [6, 6.07) is 8.11. The molecular weight excluding hydrogens is 336 g/mol. The summed E-state index contributed by atoms with van der Waals surface area (Å²) < 4.78 is 0.678. The zero-order valence-corrected chi connectivity index (χ0v) is 14.4. The number of hydrogen-bond donors (Lipinski definition) is 1. The van der Waals surface area contributed by atoms with E-state index in [9.17, 15) is 9.90 Å². The lowest BCUT2D eigenvalue weighted by Gasteiger charge is -2.19. The third-order valence-electron chi connectivity index (χ3n) is 3.21. The van der Waals surface area contributed by atoms with Crippen molar-refractivity contribution in [3.8, 4) is 16.2 Å². The molecule has 0 saturated heterocycles. The SMILES string of the molecule is CC(=O)c1c(Br)sc(-c2ccc(C(C)(C)C)cc2)c1O. The van der Waals surface area contributed by atoms with Gasteiger partial charge in [0.05, 0.1) is 14.2 Å². The van der Waals surface area contributed by atoms with Gasteiger partial charge in [0, 0.05) is 0 Å². The molecule has 0 amide bonds. The highest BCUT2D eigenvalue weighted by atomic mass is 79.9. The van der Waals surface area contributed by atoms with Crippen molar-refractivity contribution in [1.29, 1.82) is 0 Å². The summed E-state index contributed by atoms with van der Waals surface area (Å²) in [5.41, 5.74) is 2.63. The van der Waals surface area contributed by atoms with Crippen molar-refractivity contribution >= 4 is 33.0 Å². The minimum atomic E-state index is -0.136. The molecule has 1 aromatic heterocycles. The minimum absolute atomic E-state index is 0.0675. The Hall–Kier alpha value is -1.13. The first kappa shape index (κ1) is 15.3. The van der Waals surface area contributed by atoms with Crippen molar-refractivity contribution in [2.75, 3.05) is 0 Å². The lowest BCUT2D eigenvalue weighted by atomic mass is 9.86. The molecule has 0 radical (unpaired) electrons. The number of thiophene rings is 1. The van der Waals surface area contributed by atoms with Gasteiger partial charge in [-0.3, -0.25) is 4.79 Å². The van der Waals surface area contributed by atoms with E-state index in [2.05, 4.69) is 48.8 Å². The topological polar surface area (TPSA) is 37.3 Å². The van der Waals surface area contributed by atoms with Crippen LogP contribution in [0.15, 0.2) is 28.1 Å². The number of rotatable bonds is 2. The summed E-state index contributed by atoms with van der Waals surface area (Å²) in [5, 5.41) is 10.2. The first-order chi connectivity index (χ1) is 9.21. The van der Waals surface area contributed by atoms with Gasteiger partial charge >= 0.3 is 0 Å². The first-order valence-corrected chi connectivity index (χ1v) is 7.96. The van der Waals surface area contributed by atoms with Gasteiger partial charge in [0.1, 0.15) is 5.75 Å². The van der Waals surface area contributed by atoms with E-state index in [1.165, 1.54) is 23.8 Å². The van der Waals surface area contributed by atoms with E-state index in [4.69, 9.17) is 0 Å². The van der Waals surface area contributed by atoms with Gasteiger partial charge < -0.3 is 5.11 Å². The Kier molecular flexibility index (Phi) is 4.07. The summed E-state index contributed by atoms with van der Waals surface area (Å²) in [6.45, 7) is 7.94. The second-order valence-corrected chi connectivity index (χ2v) is 8.15. The van der Waals surface area contributed by atoms with Crippen LogP contribution < -0.4 is 0 Å². The molecule has 1 aromatic carbocycles. The van der Waals surface area contributed by atoms with Crippen molar-refractivity contribution in [3.63, 3.8) is 0 Å². The molecule has 0 aliphatic rings. The Morgan fingerprint density at radius 3 is 2.15 bits per heavy atom. The van der Waals surface area contributed by atoms with Gasteiger partial charge in [-0.2, -0.15) is 0 Å².